The Morgan fingerprint density at radius 3 is 2.75 bits per heavy atom. The number of ether oxygens (including phenoxy) is 1. The lowest BCUT2D eigenvalue weighted by molar-refractivity contribution is 0.0920. The average Bonchev–Trinajstić information content (AvgIpc) is 3.13. The third-order valence-corrected chi connectivity index (χ3v) is 4.07. The van der Waals surface area contributed by atoms with Gasteiger partial charge in [0.15, 0.2) is 5.69 Å². The molecule has 120 valence electrons. The Kier molecular flexibility index (Phi) is 3.70. The average molecular weight is 320 g/mol. The van der Waals surface area contributed by atoms with Gasteiger partial charge in [0.1, 0.15) is 11.4 Å². The van der Waals surface area contributed by atoms with Crippen LogP contribution in [0.5, 0.6) is 5.75 Å². The molecule has 6 heteroatoms. The largest absolute Gasteiger partial charge is 0.493 e. The van der Waals surface area contributed by atoms with Gasteiger partial charge < -0.3 is 10.1 Å². The van der Waals surface area contributed by atoms with E-state index in [1.165, 1.54) is 0 Å². The van der Waals surface area contributed by atoms with Gasteiger partial charge in [-0.25, -0.2) is 0 Å². The molecule has 1 aliphatic rings. The second-order valence-electron chi connectivity index (χ2n) is 5.59. The maximum atomic E-state index is 12.7. The van der Waals surface area contributed by atoms with Gasteiger partial charge in [0, 0.05) is 17.5 Å². The van der Waals surface area contributed by atoms with Crippen LogP contribution in [0.25, 0.3) is 11.3 Å². The molecule has 0 aliphatic carbocycles. The Morgan fingerprint density at radius 1 is 1.08 bits per heavy atom. The maximum absolute atomic E-state index is 12.7. The molecule has 0 unspecified atom stereocenters. The summed E-state index contributed by atoms with van der Waals surface area (Å²) in [6.07, 6.45) is 0.723. The number of fused-ring (bicyclic) bond motifs is 1. The predicted octanol–water partition coefficient (Wildman–Crippen LogP) is 2.73. The normalized spacial score (nSPS) is 16.1. The summed E-state index contributed by atoms with van der Waals surface area (Å²) in [4.78, 5) is 12.7. The predicted molar refractivity (Wildman–Crippen MR) is 88.6 cm³/mol. The molecule has 0 fully saturated rings. The summed E-state index contributed by atoms with van der Waals surface area (Å²) < 4.78 is 5.63. The van der Waals surface area contributed by atoms with Crippen LogP contribution in [0.15, 0.2) is 54.6 Å². The van der Waals surface area contributed by atoms with Gasteiger partial charge in [0.05, 0.1) is 12.6 Å². The van der Waals surface area contributed by atoms with E-state index < -0.39 is 0 Å². The third-order valence-electron chi connectivity index (χ3n) is 4.07. The number of rotatable bonds is 3. The minimum atomic E-state index is -0.246. The quantitative estimate of drug-likeness (QED) is 0.777. The van der Waals surface area contributed by atoms with Gasteiger partial charge in [-0.15, -0.1) is 0 Å². The van der Waals surface area contributed by atoms with Crippen LogP contribution in [-0.2, 0) is 0 Å². The van der Waals surface area contributed by atoms with Crippen LogP contribution in [0.3, 0.4) is 0 Å². The van der Waals surface area contributed by atoms with Gasteiger partial charge in [0.25, 0.3) is 5.91 Å². The Hall–Kier alpha value is -3.15. The fourth-order valence-corrected chi connectivity index (χ4v) is 2.91. The smallest absolute Gasteiger partial charge is 0.274 e. The van der Waals surface area contributed by atoms with E-state index in [-0.39, 0.29) is 11.9 Å². The molecule has 1 aromatic heterocycles. The number of hydrogen-bond donors (Lipinski definition) is 2. The molecular weight excluding hydrogens is 304 g/mol. The number of aromatic amines is 1. The summed E-state index contributed by atoms with van der Waals surface area (Å²) in [6.45, 7) is 0.576. The molecule has 1 aliphatic heterocycles. The highest BCUT2D eigenvalue weighted by atomic mass is 16.5. The fraction of sp³-hybridized carbons (Fsp3) is 0.167. The van der Waals surface area contributed by atoms with Crippen molar-refractivity contribution in [3.63, 3.8) is 0 Å². The van der Waals surface area contributed by atoms with Crippen molar-refractivity contribution < 1.29 is 9.53 Å². The summed E-state index contributed by atoms with van der Waals surface area (Å²) in [6, 6.07) is 17.2. The molecule has 3 aromatic rings. The van der Waals surface area contributed by atoms with E-state index in [2.05, 4.69) is 20.7 Å². The Labute approximate surface area is 138 Å². The van der Waals surface area contributed by atoms with Crippen LogP contribution in [-0.4, -0.2) is 27.9 Å². The second kappa shape index (κ2) is 6.16. The van der Waals surface area contributed by atoms with Gasteiger partial charge in [-0.3, -0.25) is 4.79 Å². The lowest BCUT2D eigenvalue weighted by Gasteiger charge is -2.26. The van der Waals surface area contributed by atoms with Crippen molar-refractivity contribution in [2.24, 2.45) is 0 Å². The number of nitrogens with one attached hydrogen (secondary N) is 2. The maximum Gasteiger partial charge on any atom is 0.274 e. The van der Waals surface area contributed by atoms with Gasteiger partial charge in [-0.2, -0.15) is 15.4 Å². The number of aromatic nitrogens is 3. The van der Waals surface area contributed by atoms with Crippen molar-refractivity contribution >= 4 is 5.91 Å². The van der Waals surface area contributed by atoms with E-state index in [4.69, 9.17) is 4.74 Å². The fourth-order valence-electron chi connectivity index (χ4n) is 2.91. The highest BCUT2D eigenvalue weighted by molar-refractivity contribution is 5.98. The van der Waals surface area contributed by atoms with Gasteiger partial charge >= 0.3 is 0 Å². The highest BCUT2D eigenvalue weighted by Gasteiger charge is 2.25. The number of hydrogen-bond acceptors (Lipinski definition) is 4. The number of carbonyl (C=O) groups excluding carboxylic acids is 1. The molecule has 0 saturated carbocycles. The van der Waals surface area contributed by atoms with Crippen molar-refractivity contribution in [2.75, 3.05) is 6.61 Å². The number of H-pyrrole nitrogens is 1. The van der Waals surface area contributed by atoms with Gasteiger partial charge in [0.2, 0.25) is 0 Å². The molecule has 1 atom stereocenters. The standard InChI is InChI=1S/C18H16N4O2/c23-18(17-16(20-22-21-17)12-6-2-1-3-7-12)19-14-10-11-24-15-9-5-4-8-13(14)15/h1-9,14H,10-11H2,(H,19,23)(H,20,21,22)/t14-/m1/s1. The Bertz CT molecular complexity index is 860. The molecule has 2 N–H and O–H groups in total. The van der Waals surface area contributed by atoms with Crippen LogP contribution in [0.1, 0.15) is 28.5 Å². The topological polar surface area (TPSA) is 79.9 Å². The van der Waals surface area contributed by atoms with E-state index in [9.17, 15) is 4.79 Å². The molecular formula is C18H16N4O2. The van der Waals surface area contributed by atoms with Crippen LogP contribution in [0.2, 0.25) is 0 Å². The van der Waals surface area contributed by atoms with E-state index in [1.54, 1.807) is 0 Å². The third kappa shape index (κ3) is 2.62. The summed E-state index contributed by atoms with van der Waals surface area (Å²) in [5.41, 5.74) is 2.68. The second-order valence-corrected chi connectivity index (χ2v) is 5.59. The first kappa shape index (κ1) is 14.4. The van der Waals surface area contributed by atoms with E-state index in [0.717, 1.165) is 23.3 Å². The van der Waals surface area contributed by atoms with E-state index in [0.29, 0.717) is 18.0 Å². The monoisotopic (exact) mass is 320 g/mol. The zero-order valence-corrected chi connectivity index (χ0v) is 12.9. The number of nitrogens with zero attached hydrogens (tertiary/aromatic N) is 2. The summed E-state index contributed by atoms with van der Waals surface area (Å²) in [5.74, 6) is 0.571. The van der Waals surface area contributed by atoms with E-state index >= 15 is 0 Å². The number of amides is 1. The van der Waals surface area contributed by atoms with Crippen LogP contribution < -0.4 is 10.1 Å². The van der Waals surface area contributed by atoms with Gasteiger partial charge in [-0.05, 0) is 6.07 Å². The molecule has 6 nitrogen and oxygen atoms in total. The number of para-hydroxylation sites is 1. The molecule has 24 heavy (non-hydrogen) atoms. The Balaban J connectivity index is 1.60. The van der Waals surface area contributed by atoms with Crippen LogP contribution in [0.4, 0.5) is 0 Å². The highest BCUT2D eigenvalue weighted by Crippen LogP contribution is 2.32. The SMILES string of the molecule is O=C(N[C@@H]1CCOc2ccccc21)c1n[nH]nc1-c1ccccc1. The summed E-state index contributed by atoms with van der Waals surface area (Å²) >= 11 is 0. The summed E-state index contributed by atoms with van der Waals surface area (Å²) in [7, 11) is 0. The lowest BCUT2D eigenvalue weighted by Crippen LogP contribution is -2.32. The van der Waals surface area contributed by atoms with Crippen molar-refractivity contribution in [1.29, 1.82) is 0 Å². The first-order valence-electron chi connectivity index (χ1n) is 7.81. The van der Waals surface area contributed by atoms with Crippen molar-refractivity contribution in [2.45, 2.75) is 12.5 Å². The minimum absolute atomic E-state index is 0.0947. The van der Waals surface area contributed by atoms with Crippen molar-refractivity contribution in [3.05, 3.63) is 65.9 Å². The molecule has 4 rings (SSSR count). The van der Waals surface area contributed by atoms with Gasteiger partial charge in [-0.1, -0.05) is 48.5 Å². The van der Waals surface area contributed by atoms with Crippen molar-refractivity contribution in [3.8, 4) is 17.0 Å². The number of carbonyl (C=O) groups is 1. The molecule has 0 bridgehead atoms. The molecule has 0 radical (unpaired) electrons. The minimum Gasteiger partial charge on any atom is -0.493 e. The van der Waals surface area contributed by atoms with Crippen LogP contribution >= 0.6 is 0 Å². The molecule has 2 aromatic carbocycles. The first-order chi connectivity index (χ1) is 11.8. The zero-order chi connectivity index (χ0) is 16.4. The van der Waals surface area contributed by atoms with E-state index in [1.807, 2.05) is 54.6 Å². The molecule has 0 saturated heterocycles. The number of benzene rings is 2. The van der Waals surface area contributed by atoms with Crippen molar-refractivity contribution in [1.82, 2.24) is 20.7 Å². The summed E-state index contributed by atoms with van der Waals surface area (Å²) in [5, 5.41) is 13.8. The zero-order valence-electron chi connectivity index (χ0n) is 12.9. The molecule has 0 spiro atoms. The first-order valence-corrected chi connectivity index (χ1v) is 7.81. The molecule has 1 amide bonds. The Morgan fingerprint density at radius 2 is 1.88 bits per heavy atom. The molecule has 2 heterocycles. The van der Waals surface area contributed by atoms with Crippen LogP contribution in [0, 0.1) is 0 Å². The lowest BCUT2D eigenvalue weighted by atomic mass is 10.0.